The summed E-state index contributed by atoms with van der Waals surface area (Å²) in [6.45, 7) is 4.43. The maximum atomic E-state index is 5.39. The van der Waals surface area contributed by atoms with Gasteiger partial charge in [0.2, 0.25) is 0 Å². The Morgan fingerprint density at radius 3 is 2.38 bits per heavy atom. The standard InChI is InChI=1S/C16H22/c1-4-7-9-14-10-12-16(13-11-14)15(6-3)8-5-2/h2,10-13,15H,4,6-9H2,1,3H3. The van der Waals surface area contributed by atoms with Crippen LogP contribution in [0.25, 0.3) is 0 Å². The van der Waals surface area contributed by atoms with E-state index < -0.39 is 0 Å². The van der Waals surface area contributed by atoms with Crippen molar-refractivity contribution in [3.63, 3.8) is 0 Å². The van der Waals surface area contributed by atoms with Crippen molar-refractivity contribution in [2.45, 2.75) is 51.9 Å². The summed E-state index contributed by atoms with van der Waals surface area (Å²) in [5.41, 5.74) is 2.84. The van der Waals surface area contributed by atoms with Gasteiger partial charge in [-0.15, -0.1) is 12.3 Å². The molecule has 0 N–H and O–H groups in total. The number of unbranched alkanes of at least 4 members (excludes halogenated alkanes) is 1. The minimum absolute atomic E-state index is 0.533. The molecule has 0 heteroatoms. The van der Waals surface area contributed by atoms with Crippen LogP contribution in [0.4, 0.5) is 0 Å². The average Bonchev–Trinajstić information content (AvgIpc) is 2.34. The van der Waals surface area contributed by atoms with Gasteiger partial charge in [-0.2, -0.15) is 0 Å². The van der Waals surface area contributed by atoms with E-state index in [1.54, 1.807) is 0 Å². The van der Waals surface area contributed by atoms with Crippen molar-refractivity contribution in [1.82, 2.24) is 0 Å². The van der Waals surface area contributed by atoms with Gasteiger partial charge in [0.05, 0.1) is 0 Å². The predicted octanol–water partition coefficient (Wildman–Crippen LogP) is 4.55. The first-order chi connectivity index (χ1) is 7.81. The molecule has 86 valence electrons. The Hall–Kier alpha value is -1.22. The van der Waals surface area contributed by atoms with Gasteiger partial charge >= 0.3 is 0 Å². The van der Waals surface area contributed by atoms with Crippen LogP contribution in [0.1, 0.15) is 56.6 Å². The molecule has 1 unspecified atom stereocenters. The van der Waals surface area contributed by atoms with Gasteiger partial charge in [-0.25, -0.2) is 0 Å². The molecule has 1 aromatic rings. The summed E-state index contributed by atoms with van der Waals surface area (Å²) in [6, 6.07) is 9.00. The molecule has 0 nitrogen and oxygen atoms in total. The summed E-state index contributed by atoms with van der Waals surface area (Å²) >= 11 is 0. The first-order valence-electron chi connectivity index (χ1n) is 6.34. The summed E-state index contributed by atoms with van der Waals surface area (Å²) in [5, 5.41) is 0. The Kier molecular flexibility index (Phi) is 5.72. The second-order valence-electron chi connectivity index (χ2n) is 4.36. The summed E-state index contributed by atoms with van der Waals surface area (Å²) in [4.78, 5) is 0. The molecule has 1 atom stereocenters. The van der Waals surface area contributed by atoms with E-state index in [0.717, 1.165) is 12.8 Å². The van der Waals surface area contributed by atoms with E-state index in [4.69, 9.17) is 6.42 Å². The van der Waals surface area contributed by atoms with Crippen molar-refractivity contribution >= 4 is 0 Å². The number of aryl methyl sites for hydroxylation is 1. The van der Waals surface area contributed by atoms with Crippen LogP contribution in [0.3, 0.4) is 0 Å². The number of terminal acetylenes is 1. The Labute approximate surface area is 100 Å². The maximum absolute atomic E-state index is 5.39. The van der Waals surface area contributed by atoms with Gasteiger partial charge in [0.1, 0.15) is 0 Å². The second-order valence-corrected chi connectivity index (χ2v) is 4.36. The molecule has 0 aliphatic rings. The van der Waals surface area contributed by atoms with Crippen molar-refractivity contribution in [2.24, 2.45) is 0 Å². The molecule has 0 aliphatic heterocycles. The molecule has 0 amide bonds. The van der Waals surface area contributed by atoms with Gasteiger partial charge in [-0.1, -0.05) is 44.5 Å². The number of rotatable bonds is 6. The summed E-state index contributed by atoms with van der Waals surface area (Å²) in [6.07, 6.45) is 11.1. The monoisotopic (exact) mass is 214 g/mol. The molecule has 0 spiro atoms. The van der Waals surface area contributed by atoms with Crippen LogP contribution < -0.4 is 0 Å². The zero-order chi connectivity index (χ0) is 11.8. The maximum Gasteiger partial charge on any atom is 0.0155 e. The van der Waals surface area contributed by atoms with E-state index in [2.05, 4.69) is 44.0 Å². The first-order valence-corrected chi connectivity index (χ1v) is 6.34. The lowest BCUT2D eigenvalue weighted by molar-refractivity contribution is 0.684. The molecule has 0 fully saturated rings. The third-order valence-electron chi connectivity index (χ3n) is 3.13. The largest absolute Gasteiger partial charge is 0.120 e. The van der Waals surface area contributed by atoms with Crippen molar-refractivity contribution in [3.8, 4) is 12.3 Å². The lowest BCUT2D eigenvalue weighted by Gasteiger charge is -2.12. The van der Waals surface area contributed by atoms with Gasteiger partial charge < -0.3 is 0 Å². The van der Waals surface area contributed by atoms with E-state index in [1.807, 2.05) is 0 Å². The quantitative estimate of drug-likeness (QED) is 0.610. The van der Waals surface area contributed by atoms with Crippen LogP contribution in [0.2, 0.25) is 0 Å². The minimum atomic E-state index is 0.533. The van der Waals surface area contributed by atoms with Crippen LogP contribution in [0.15, 0.2) is 24.3 Å². The highest BCUT2D eigenvalue weighted by molar-refractivity contribution is 5.26. The lowest BCUT2D eigenvalue weighted by atomic mass is 9.92. The molecule has 0 heterocycles. The van der Waals surface area contributed by atoms with Crippen LogP contribution in [0.5, 0.6) is 0 Å². The van der Waals surface area contributed by atoms with Crippen molar-refractivity contribution in [3.05, 3.63) is 35.4 Å². The molecule has 0 aliphatic carbocycles. The van der Waals surface area contributed by atoms with Crippen LogP contribution >= 0.6 is 0 Å². The molecule has 0 radical (unpaired) electrons. The highest BCUT2D eigenvalue weighted by Crippen LogP contribution is 2.23. The minimum Gasteiger partial charge on any atom is -0.120 e. The van der Waals surface area contributed by atoms with Gasteiger partial charge in [0, 0.05) is 6.42 Å². The highest BCUT2D eigenvalue weighted by Gasteiger charge is 2.07. The van der Waals surface area contributed by atoms with Gasteiger partial charge in [-0.05, 0) is 36.3 Å². The molecule has 0 saturated heterocycles. The Bertz CT molecular complexity index is 326. The van der Waals surface area contributed by atoms with Crippen LogP contribution in [0, 0.1) is 12.3 Å². The molecule has 1 rings (SSSR count). The zero-order valence-corrected chi connectivity index (χ0v) is 10.5. The SMILES string of the molecule is C#CCC(CC)c1ccc(CCCC)cc1. The highest BCUT2D eigenvalue weighted by atomic mass is 14.1. The van der Waals surface area contributed by atoms with Gasteiger partial charge in [0.25, 0.3) is 0 Å². The smallest absolute Gasteiger partial charge is 0.0155 e. The number of hydrogen-bond acceptors (Lipinski definition) is 0. The Balaban J connectivity index is 2.66. The van der Waals surface area contributed by atoms with Gasteiger partial charge in [0.15, 0.2) is 0 Å². The summed E-state index contributed by atoms with van der Waals surface area (Å²) in [7, 11) is 0. The molecule has 1 aromatic carbocycles. The van der Waals surface area contributed by atoms with E-state index in [0.29, 0.717) is 5.92 Å². The van der Waals surface area contributed by atoms with E-state index in [-0.39, 0.29) is 0 Å². The zero-order valence-electron chi connectivity index (χ0n) is 10.5. The molecular weight excluding hydrogens is 192 g/mol. The second kappa shape index (κ2) is 7.12. The van der Waals surface area contributed by atoms with E-state index in [1.165, 1.54) is 30.4 Å². The Morgan fingerprint density at radius 2 is 1.88 bits per heavy atom. The Morgan fingerprint density at radius 1 is 1.19 bits per heavy atom. The van der Waals surface area contributed by atoms with Gasteiger partial charge in [-0.3, -0.25) is 0 Å². The van der Waals surface area contributed by atoms with Crippen molar-refractivity contribution in [1.29, 1.82) is 0 Å². The van der Waals surface area contributed by atoms with Crippen LogP contribution in [-0.4, -0.2) is 0 Å². The summed E-state index contributed by atoms with van der Waals surface area (Å²) < 4.78 is 0. The fourth-order valence-electron chi connectivity index (χ4n) is 1.98. The molecule has 0 saturated carbocycles. The number of hydrogen-bond donors (Lipinski definition) is 0. The van der Waals surface area contributed by atoms with Crippen LogP contribution in [-0.2, 0) is 6.42 Å². The third-order valence-corrected chi connectivity index (χ3v) is 3.13. The lowest BCUT2D eigenvalue weighted by Crippen LogP contribution is -1.96. The first kappa shape index (κ1) is 12.8. The molecule has 0 bridgehead atoms. The summed E-state index contributed by atoms with van der Waals surface area (Å²) in [5.74, 6) is 3.30. The molecule has 16 heavy (non-hydrogen) atoms. The fraction of sp³-hybridized carbons (Fsp3) is 0.500. The van der Waals surface area contributed by atoms with Crippen molar-refractivity contribution in [2.75, 3.05) is 0 Å². The van der Waals surface area contributed by atoms with Crippen molar-refractivity contribution < 1.29 is 0 Å². The fourth-order valence-corrected chi connectivity index (χ4v) is 1.98. The normalized spacial score (nSPS) is 12.1. The predicted molar refractivity (Wildman–Crippen MR) is 71.5 cm³/mol. The third kappa shape index (κ3) is 3.74. The van der Waals surface area contributed by atoms with E-state index >= 15 is 0 Å². The average molecular weight is 214 g/mol. The molecular formula is C16H22. The number of benzene rings is 1. The topological polar surface area (TPSA) is 0 Å². The van der Waals surface area contributed by atoms with E-state index in [9.17, 15) is 0 Å². The molecule has 0 aromatic heterocycles.